The number of ether oxygens (including phenoxy) is 3. The zero-order valence-electron chi connectivity index (χ0n) is 20.3. The average Bonchev–Trinajstić information content (AvgIpc) is 3.30. The summed E-state index contributed by atoms with van der Waals surface area (Å²) in [4.78, 5) is 12.1. The van der Waals surface area contributed by atoms with E-state index in [0.717, 1.165) is 29.5 Å². The Morgan fingerprint density at radius 2 is 1.64 bits per heavy atom. The first-order valence-electron chi connectivity index (χ1n) is 12.1. The van der Waals surface area contributed by atoms with Gasteiger partial charge in [0.2, 0.25) is 5.60 Å². The molecule has 0 radical (unpaired) electrons. The SMILES string of the molecule is Cc1cc(-c2c(C)cc(OC3(C(=O)O)CCOCC3)cc2COC2CCCC2)cc(C)c1C. The molecule has 2 aliphatic rings. The molecule has 1 heterocycles. The predicted octanol–water partition coefficient (Wildman–Crippen LogP) is 6.06. The molecule has 1 saturated heterocycles. The van der Waals surface area contributed by atoms with Crippen LogP contribution < -0.4 is 4.74 Å². The van der Waals surface area contributed by atoms with E-state index in [1.165, 1.54) is 35.1 Å². The molecular weight excluding hydrogens is 416 g/mol. The molecule has 1 aliphatic carbocycles. The van der Waals surface area contributed by atoms with Gasteiger partial charge in [-0.15, -0.1) is 0 Å². The van der Waals surface area contributed by atoms with Crippen LogP contribution in [0.4, 0.5) is 0 Å². The zero-order chi connectivity index (χ0) is 23.6. The van der Waals surface area contributed by atoms with Gasteiger partial charge in [0.05, 0.1) is 25.9 Å². The number of rotatable bonds is 7. The first-order chi connectivity index (χ1) is 15.8. The van der Waals surface area contributed by atoms with Crippen molar-refractivity contribution in [3.63, 3.8) is 0 Å². The summed E-state index contributed by atoms with van der Waals surface area (Å²) in [6.07, 6.45) is 5.63. The highest BCUT2D eigenvalue weighted by molar-refractivity contribution is 5.78. The van der Waals surface area contributed by atoms with Gasteiger partial charge in [0.1, 0.15) is 5.75 Å². The number of hydrogen-bond donors (Lipinski definition) is 1. The lowest BCUT2D eigenvalue weighted by Gasteiger charge is -2.34. The fraction of sp³-hybridized carbons (Fsp3) is 0.536. The molecule has 1 N–H and O–H groups in total. The Balaban J connectivity index is 1.73. The van der Waals surface area contributed by atoms with Crippen LogP contribution in [0.5, 0.6) is 5.75 Å². The molecule has 0 atom stereocenters. The third kappa shape index (κ3) is 5.10. The predicted molar refractivity (Wildman–Crippen MR) is 129 cm³/mol. The van der Waals surface area contributed by atoms with E-state index in [9.17, 15) is 9.90 Å². The fourth-order valence-electron chi connectivity index (χ4n) is 5.14. The highest BCUT2D eigenvalue weighted by atomic mass is 16.5. The second kappa shape index (κ2) is 9.86. The van der Waals surface area contributed by atoms with Crippen LogP contribution in [0.2, 0.25) is 0 Å². The van der Waals surface area contributed by atoms with Gasteiger partial charge in [-0.2, -0.15) is 0 Å². The largest absolute Gasteiger partial charge is 0.478 e. The molecule has 0 unspecified atom stereocenters. The topological polar surface area (TPSA) is 65.0 Å². The Hall–Kier alpha value is -2.37. The van der Waals surface area contributed by atoms with Crippen molar-refractivity contribution in [2.24, 2.45) is 0 Å². The number of carbonyl (C=O) groups is 1. The molecule has 5 nitrogen and oxygen atoms in total. The first-order valence-corrected chi connectivity index (χ1v) is 12.1. The number of carboxylic acid groups (broad SMARTS) is 1. The van der Waals surface area contributed by atoms with Crippen molar-refractivity contribution in [1.82, 2.24) is 0 Å². The molecule has 1 saturated carbocycles. The van der Waals surface area contributed by atoms with Gasteiger partial charge in [0.25, 0.3) is 0 Å². The maximum absolute atomic E-state index is 12.1. The Morgan fingerprint density at radius 1 is 1.00 bits per heavy atom. The summed E-state index contributed by atoms with van der Waals surface area (Å²) < 4.78 is 17.9. The van der Waals surface area contributed by atoms with Crippen molar-refractivity contribution >= 4 is 5.97 Å². The van der Waals surface area contributed by atoms with Crippen molar-refractivity contribution < 1.29 is 24.1 Å². The maximum Gasteiger partial charge on any atom is 0.348 e. The first kappa shape index (κ1) is 23.8. The molecule has 0 spiro atoms. The summed E-state index contributed by atoms with van der Waals surface area (Å²) in [6.45, 7) is 9.80. The Kier molecular flexibility index (Phi) is 7.10. The molecule has 2 aromatic carbocycles. The Bertz CT molecular complexity index is 990. The minimum atomic E-state index is -1.24. The van der Waals surface area contributed by atoms with E-state index >= 15 is 0 Å². The molecule has 0 bridgehead atoms. The van der Waals surface area contributed by atoms with Crippen LogP contribution in [0.1, 0.15) is 66.3 Å². The normalized spacial score (nSPS) is 18.4. The maximum atomic E-state index is 12.1. The molecule has 4 rings (SSSR count). The van der Waals surface area contributed by atoms with Crippen molar-refractivity contribution in [2.45, 2.75) is 84.5 Å². The van der Waals surface area contributed by atoms with E-state index in [4.69, 9.17) is 14.2 Å². The standard InChI is InChI=1S/C28H36O5/c1-18-13-22(14-19(2)21(18)4)26-20(3)15-25(16-23(26)17-32-24-7-5-6-8-24)33-28(27(29)30)9-11-31-12-10-28/h13-16,24H,5-12,17H2,1-4H3,(H,29,30). The minimum Gasteiger partial charge on any atom is -0.478 e. The highest BCUT2D eigenvalue weighted by Gasteiger charge is 2.43. The van der Waals surface area contributed by atoms with Crippen LogP contribution in [0.3, 0.4) is 0 Å². The van der Waals surface area contributed by atoms with Crippen LogP contribution in [0.15, 0.2) is 24.3 Å². The molecule has 5 heteroatoms. The smallest absolute Gasteiger partial charge is 0.348 e. The third-order valence-electron chi connectivity index (χ3n) is 7.39. The van der Waals surface area contributed by atoms with Crippen LogP contribution in [0.25, 0.3) is 11.1 Å². The van der Waals surface area contributed by atoms with Crippen molar-refractivity contribution in [2.75, 3.05) is 13.2 Å². The Labute approximate surface area is 197 Å². The molecule has 2 aromatic rings. The van der Waals surface area contributed by atoms with E-state index in [2.05, 4.69) is 39.8 Å². The molecule has 33 heavy (non-hydrogen) atoms. The second-order valence-electron chi connectivity index (χ2n) is 9.74. The molecule has 0 aromatic heterocycles. The van der Waals surface area contributed by atoms with Crippen molar-refractivity contribution in [3.8, 4) is 16.9 Å². The van der Waals surface area contributed by atoms with E-state index in [1.54, 1.807) is 0 Å². The van der Waals surface area contributed by atoms with Gasteiger partial charge in [-0.25, -0.2) is 4.79 Å². The van der Waals surface area contributed by atoms with E-state index in [-0.39, 0.29) is 0 Å². The monoisotopic (exact) mass is 452 g/mol. The summed E-state index contributed by atoms with van der Waals surface area (Å²) in [6, 6.07) is 8.43. The second-order valence-corrected chi connectivity index (χ2v) is 9.74. The average molecular weight is 453 g/mol. The van der Waals surface area contributed by atoms with Crippen molar-refractivity contribution in [1.29, 1.82) is 0 Å². The van der Waals surface area contributed by atoms with E-state index < -0.39 is 11.6 Å². The van der Waals surface area contributed by atoms with Gasteiger partial charge in [-0.05, 0) is 91.6 Å². The number of hydrogen-bond acceptors (Lipinski definition) is 4. The number of carboxylic acids is 1. The summed E-state index contributed by atoms with van der Waals surface area (Å²) >= 11 is 0. The summed E-state index contributed by atoms with van der Waals surface area (Å²) in [5.41, 5.74) is 7.03. The van der Waals surface area contributed by atoms with Gasteiger partial charge in [0, 0.05) is 12.8 Å². The summed E-state index contributed by atoms with van der Waals surface area (Å²) in [5, 5.41) is 9.95. The van der Waals surface area contributed by atoms with Gasteiger partial charge in [-0.1, -0.05) is 25.0 Å². The zero-order valence-corrected chi connectivity index (χ0v) is 20.3. The van der Waals surface area contributed by atoms with Gasteiger partial charge < -0.3 is 19.3 Å². The van der Waals surface area contributed by atoms with Gasteiger partial charge >= 0.3 is 5.97 Å². The summed E-state index contributed by atoms with van der Waals surface area (Å²) in [7, 11) is 0. The van der Waals surface area contributed by atoms with E-state index in [0.29, 0.717) is 44.5 Å². The third-order valence-corrected chi connectivity index (χ3v) is 7.39. The van der Waals surface area contributed by atoms with Crippen LogP contribution in [0, 0.1) is 27.7 Å². The molecular formula is C28H36O5. The lowest BCUT2D eigenvalue weighted by molar-refractivity contribution is -0.163. The highest BCUT2D eigenvalue weighted by Crippen LogP contribution is 2.37. The summed E-state index contributed by atoms with van der Waals surface area (Å²) in [5.74, 6) is -0.341. The lowest BCUT2D eigenvalue weighted by Crippen LogP contribution is -2.49. The molecule has 0 amide bonds. The lowest BCUT2D eigenvalue weighted by atomic mass is 9.90. The van der Waals surface area contributed by atoms with Gasteiger partial charge in [0.15, 0.2) is 0 Å². The molecule has 2 fully saturated rings. The Morgan fingerprint density at radius 3 is 2.24 bits per heavy atom. The van der Waals surface area contributed by atoms with Crippen LogP contribution in [-0.2, 0) is 20.9 Å². The fourth-order valence-corrected chi connectivity index (χ4v) is 5.14. The van der Waals surface area contributed by atoms with Gasteiger partial charge in [-0.3, -0.25) is 0 Å². The molecule has 1 aliphatic heterocycles. The van der Waals surface area contributed by atoms with E-state index in [1.807, 2.05) is 12.1 Å². The van der Waals surface area contributed by atoms with Crippen LogP contribution in [-0.4, -0.2) is 36.0 Å². The van der Waals surface area contributed by atoms with Crippen LogP contribution >= 0.6 is 0 Å². The number of benzene rings is 2. The van der Waals surface area contributed by atoms with Crippen molar-refractivity contribution in [3.05, 3.63) is 52.1 Å². The molecule has 178 valence electrons. The minimum absolute atomic E-state index is 0.296. The quantitative estimate of drug-likeness (QED) is 0.553. The number of aryl methyl sites for hydroxylation is 3. The number of aliphatic carboxylic acids is 1.